The van der Waals surface area contributed by atoms with Crippen molar-refractivity contribution in [2.45, 2.75) is 59.7 Å². The summed E-state index contributed by atoms with van der Waals surface area (Å²) in [5.41, 5.74) is 2.94. The molecule has 0 aliphatic heterocycles. The van der Waals surface area contributed by atoms with E-state index >= 15 is 0 Å². The maximum absolute atomic E-state index is 13.1. The van der Waals surface area contributed by atoms with Crippen LogP contribution in [0.15, 0.2) is 40.9 Å². The lowest BCUT2D eigenvalue weighted by Gasteiger charge is -2.29. The van der Waals surface area contributed by atoms with Crippen LogP contribution in [0.3, 0.4) is 0 Å². The third-order valence-corrected chi connectivity index (χ3v) is 6.71. The van der Waals surface area contributed by atoms with Crippen molar-refractivity contribution in [2.75, 3.05) is 6.61 Å². The van der Waals surface area contributed by atoms with Gasteiger partial charge in [-0.3, -0.25) is 9.59 Å². The molecule has 7 heteroatoms. The fourth-order valence-corrected chi connectivity index (χ4v) is 3.41. The lowest BCUT2D eigenvalue weighted by Crippen LogP contribution is -2.50. The highest BCUT2D eigenvalue weighted by atomic mass is 79.9. The molecule has 2 aromatic rings. The third-order valence-electron chi connectivity index (χ3n) is 5.21. The highest BCUT2D eigenvalue weighted by Crippen LogP contribution is 2.26. The second kappa shape index (κ2) is 11.5. The monoisotopic (exact) mass is 508 g/mol. The molecule has 5 nitrogen and oxygen atoms in total. The van der Waals surface area contributed by atoms with Gasteiger partial charge in [0.25, 0.3) is 5.91 Å². The molecule has 0 unspecified atom stereocenters. The number of hydrogen-bond acceptors (Lipinski definition) is 3. The maximum atomic E-state index is 13.1. The number of carbonyl (C=O) groups excluding carboxylic acids is 2. The van der Waals surface area contributed by atoms with Crippen LogP contribution in [-0.4, -0.2) is 35.4 Å². The molecule has 0 radical (unpaired) electrons. The second-order valence-corrected chi connectivity index (χ2v) is 9.03. The number of rotatable bonds is 9. The third kappa shape index (κ3) is 7.25. The molecule has 0 heterocycles. The molecule has 0 bridgehead atoms. The van der Waals surface area contributed by atoms with E-state index in [1.165, 1.54) is 0 Å². The van der Waals surface area contributed by atoms with Gasteiger partial charge in [-0.05, 0) is 75.1 Å². The minimum absolute atomic E-state index is 0.0346. The Balaban J connectivity index is 2.18. The molecule has 0 fully saturated rings. The average Bonchev–Trinajstić information content (AvgIpc) is 2.74. The summed E-state index contributed by atoms with van der Waals surface area (Å²) in [5, 5.41) is 3.57. The minimum atomic E-state index is -0.644. The van der Waals surface area contributed by atoms with E-state index in [0.717, 1.165) is 27.6 Å². The Kier molecular flexibility index (Phi) is 9.38. The zero-order valence-electron chi connectivity index (χ0n) is 18.7. The van der Waals surface area contributed by atoms with Crippen LogP contribution in [0.25, 0.3) is 0 Å². The van der Waals surface area contributed by atoms with Gasteiger partial charge in [0.15, 0.2) is 6.61 Å². The Bertz CT molecular complexity index is 895. The maximum Gasteiger partial charge on any atom is 0.261 e. The van der Waals surface area contributed by atoms with Gasteiger partial charge in [-0.15, -0.1) is 0 Å². The first-order chi connectivity index (χ1) is 14.6. The van der Waals surface area contributed by atoms with Crippen LogP contribution in [0.1, 0.15) is 43.9 Å². The minimum Gasteiger partial charge on any atom is -0.484 e. The molecule has 2 amide bonds. The molecule has 0 saturated carbocycles. The summed E-state index contributed by atoms with van der Waals surface area (Å²) in [5.74, 6) is 0.168. The van der Waals surface area contributed by atoms with Crippen molar-refractivity contribution in [1.82, 2.24) is 10.2 Å². The van der Waals surface area contributed by atoms with E-state index < -0.39 is 6.04 Å². The standard InChI is InChI=1S/C24H30BrClN2O3/c1-6-17(4)27-24(30)18(5)28(13-19-7-9-20(26)10-8-19)22(29)14-31-21-11-15(2)23(25)16(3)12-21/h7-12,17-18H,6,13-14H2,1-5H3,(H,27,30)/t17-,18-/m0/s1. The Labute approximate surface area is 198 Å². The fourth-order valence-electron chi connectivity index (χ4n) is 3.05. The summed E-state index contributed by atoms with van der Waals surface area (Å²) >= 11 is 9.52. The molecular formula is C24H30BrClN2O3. The van der Waals surface area contributed by atoms with Crippen LogP contribution in [0.2, 0.25) is 5.02 Å². The molecule has 0 aromatic heterocycles. The van der Waals surface area contributed by atoms with E-state index in [4.69, 9.17) is 16.3 Å². The lowest BCUT2D eigenvalue weighted by atomic mass is 10.1. The molecule has 0 saturated heterocycles. The summed E-state index contributed by atoms with van der Waals surface area (Å²) in [6, 6.07) is 10.4. The van der Waals surface area contributed by atoms with Gasteiger partial charge in [0.05, 0.1) is 0 Å². The second-order valence-electron chi connectivity index (χ2n) is 7.80. The number of ether oxygens (including phenoxy) is 1. The topological polar surface area (TPSA) is 58.6 Å². The summed E-state index contributed by atoms with van der Waals surface area (Å²) in [7, 11) is 0. The lowest BCUT2D eigenvalue weighted by molar-refractivity contribution is -0.142. The number of halogens is 2. The van der Waals surface area contributed by atoms with Crippen molar-refractivity contribution in [3.8, 4) is 5.75 Å². The van der Waals surface area contributed by atoms with Gasteiger partial charge in [-0.2, -0.15) is 0 Å². The van der Waals surface area contributed by atoms with Crippen molar-refractivity contribution in [3.63, 3.8) is 0 Å². The van der Waals surface area contributed by atoms with Gasteiger partial charge in [0, 0.05) is 22.1 Å². The van der Waals surface area contributed by atoms with Crippen LogP contribution in [-0.2, 0) is 16.1 Å². The Morgan fingerprint density at radius 3 is 2.26 bits per heavy atom. The predicted molar refractivity (Wildman–Crippen MR) is 128 cm³/mol. The average molecular weight is 510 g/mol. The van der Waals surface area contributed by atoms with E-state index in [9.17, 15) is 9.59 Å². The molecule has 0 aliphatic carbocycles. The van der Waals surface area contributed by atoms with Crippen molar-refractivity contribution in [3.05, 3.63) is 62.6 Å². The first-order valence-corrected chi connectivity index (χ1v) is 11.5. The van der Waals surface area contributed by atoms with Crippen molar-refractivity contribution in [1.29, 1.82) is 0 Å². The molecule has 168 valence electrons. The van der Waals surface area contributed by atoms with Gasteiger partial charge in [0.2, 0.25) is 5.91 Å². The highest BCUT2D eigenvalue weighted by Gasteiger charge is 2.27. The van der Waals surface area contributed by atoms with Crippen LogP contribution in [0, 0.1) is 13.8 Å². The van der Waals surface area contributed by atoms with Crippen LogP contribution < -0.4 is 10.1 Å². The largest absolute Gasteiger partial charge is 0.484 e. The van der Waals surface area contributed by atoms with Gasteiger partial charge in [0.1, 0.15) is 11.8 Å². The van der Waals surface area contributed by atoms with E-state index in [-0.39, 0.29) is 31.0 Å². The van der Waals surface area contributed by atoms with E-state index in [1.54, 1.807) is 24.0 Å². The number of aryl methyl sites for hydroxylation is 2. The SMILES string of the molecule is CC[C@H](C)NC(=O)[C@H](C)N(Cc1ccc(Cl)cc1)C(=O)COc1cc(C)c(Br)c(C)c1. The fraction of sp³-hybridized carbons (Fsp3) is 0.417. The van der Waals surface area contributed by atoms with E-state index in [0.29, 0.717) is 10.8 Å². The Morgan fingerprint density at radius 2 is 1.71 bits per heavy atom. The summed E-state index contributed by atoms with van der Waals surface area (Å²) in [6.07, 6.45) is 0.814. The number of hydrogen-bond donors (Lipinski definition) is 1. The highest BCUT2D eigenvalue weighted by molar-refractivity contribution is 9.10. The van der Waals surface area contributed by atoms with Crippen LogP contribution in [0.5, 0.6) is 5.75 Å². The quantitative estimate of drug-likeness (QED) is 0.490. The molecule has 31 heavy (non-hydrogen) atoms. The molecular weight excluding hydrogens is 480 g/mol. The van der Waals surface area contributed by atoms with Crippen LogP contribution in [0.4, 0.5) is 0 Å². The van der Waals surface area contributed by atoms with Gasteiger partial charge >= 0.3 is 0 Å². The van der Waals surface area contributed by atoms with Crippen molar-refractivity contribution >= 4 is 39.3 Å². The van der Waals surface area contributed by atoms with Crippen LogP contribution >= 0.6 is 27.5 Å². The van der Waals surface area contributed by atoms with Crippen molar-refractivity contribution < 1.29 is 14.3 Å². The van der Waals surface area contributed by atoms with Gasteiger partial charge in [-0.1, -0.05) is 46.6 Å². The summed E-state index contributed by atoms with van der Waals surface area (Å²) in [4.78, 5) is 27.4. The first-order valence-electron chi connectivity index (χ1n) is 10.4. The smallest absolute Gasteiger partial charge is 0.261 e. The number of amides is 2. The first kappa shape index (κ1) is 25.2. The molecule has 2 aromatic carbocycles. The Morgan fingerprint density at radius 1 is 1.13 bits per heavy atom. The summed E-state index contributed by atoms with van der Waals surface area (Å²) < 4.78 is 6.81. The van der Waals surface area contributed by atoms with Gasteiger partial charge in [-0.25, -0.2) is 0 Å². The number of nitrogens with one attached hydrogen (secondary N) is 1. The van der Waals surface area contributed by atoms with Gasteiger partial charge < -0.3 is 15.0 Å². The molecule has 2 rings (SSSR count). The predicted octanol–water partition coefficient (Wildman–Crippen LogP) is 5.43. The molecule has 2 atom stereocenters. The number of benzene rings is 2. The Hall–Kier alpha value is -2.05. The normalized spacial score (nSPS) is 12.7. The molecule has 0 aliphatic rings. The van der Waals surface area contributed by atoms with Crippen molar-refractivity contribution in [2.24, 2.45) is 0 Å². The van der Waals surface area contributed by atoms with E-state index in [2.05, 4.69) is 21.2 Å². The number of nitrogens with zero attached hydrogens (tertiary/aromatic N) is 1. The van der Waals surface area contributed by atoms with E-state index in [1.807, 2.05) is 52.0 Å². The zero-order valence-corrected chi connectivity index (χ0v) is 21.0. The molecule has 1 N–H and O–H groups in total. The number of carbonyl (C=O) groups is 2. The summed E-state index contributed by atoms with van der Waals surface area (Å²) in [6.45, 7) is 9.75. The molecule has 0 spiro atoms. The zero-order chi connectivity index (χ0) is 23.1.